The van der Waals surface area contributed by atoms with E-state index in [0.29, 0.717) is 53.5 Å². The Hall–Kier alpha value is -4.15. The molecule has 0 aromatic carbocycles. The number of imidazole rings is 1. The van der Waals surface area contributed by atoms with Gasteiger partial charge in [0.2, 0.25) is 5.95 Å². The zero-order chi connectivity index (χ0) is 21.7. The minimum atomic E-state index is -0.0483. The van der Waals surface area contributed by atoms with Crippen LogP contribution in [0.5, 0.6) is 11.5 Å². The van der Waals surface area contributed by atoms with E-state index in [1.165, 1.54) is 0 Å². The Labute approximate surface area is 177 Å². The van der Waals surface area contributed by atoms with Crippen molar-refractivity contribution in [3.63, 3.8) is 0 Å². The van der Waals surface area contributed by atoms with Crippen molar-refractivity contribution in [3.8, 4) is 11.5 Å². The first kappa shape index (κ1) is 18.9. The molecule has 1 amide bonds. The Morgan fingerprint density at radius 2 is 2.03 bits per heavy atom. The van der Waals surface area contributed by atoms with Gasteiger partial charge in [-0.1, -0.05) is 0 Å². The molecule has 0 radical (unpaired) electrons. The van der Waals surface area contributed by atoms with Crippen LogP contribution in [0.25, 0.3) is 11.2 Å². The van der Waals surface area contributed by atoms with Gasteiger partial charge in [0, 0.05) is 44.5 Å². The Kier molecular flexibility index (Phi) is 4.24. The van der Waals surface area contributed by atoms with E-state index in [9.17, 15) is 4.79 Å². The number of likely N-dealkylation sites (N-methyl/N-ethyl adjacent to an activating group) is 1. The fourth-order valence-corrected chi connectivity index (χ4v) is 3.64. The van der Waals surface area contributed by atoms with Gasteiger partial charge in [0.25, 0.3) is 5.91 Å². The van der Waals surface area contributed by atoms with Gasteiger partial charge in [0.1, 0.15) is 17.3 Å². The summed E-state index contributed by atoms with van der Waals surface area (Å²) >= 11 is 0. The number of pyridine rings is 2. The summed E-state index contributed by atoms with van der Waals surface area (Å²) in [5.41, 5.74) is 8.56. The smallest absolute Gasteiger partial charge is 0.272 e. The van der Waals surface area contributed by atoms with Crippen LogP contribution >= 0.6 is 0 Å². The van der Waals surface area contributed by atoms with Crippen LogP contribution < -0.4 is 15.8 Å². The van der Waals surface area contributed by atoms with Gasteiger partial charge in [-0.2, -0.15) is 10.1 Å². The number of amides is 1. The van der Waals surface area contributed by atoms with Gasteiger partial charge in [-0.25, -0.2) is 9.97 Å². The standard InChI is InChI=1S/C20H21N9O2/c1-11-14(31-12-4-5-22-15(21)8-12)10-23-18-17(11)28(3)20(25-18)24-16-9-13-19(30)27(2)6-7-29(13)26-16/h4-5,8-10H,6-7H2,1-3H3,(H2,21,22)(H,23,24,25,26). The first-order valence-electron chi connectivity index (χ1n) is 9.72. The lowest BCUT2D eigenvalue weighted by Gasteiger charge is -2.22. The van der Waals surface area contributed by atoms with Crippen molar-refractivity contribution in [2.45, 2.75) is 13.5 Å². The topological polar surface area (TPSA) is 129 Å². The number of ether oxygens (including phenoxy) is 1. The predicted octanol–water partition coefficient (Wildman–Crippen LogP) is 2.07. The highest BCUT2D eigenvalue weighted by Gasteiger charge is 2.24. The lowest BCUT2D eigenvalue weighted by Crippen LogP contribution is -2.37. The van der Waals surface area contributed by atoms with Crippen molar-refractivity contribution in [1.29, 1.82) is 0 Å². The number of carbonyl (C=O) groups is 1. The summed E-state index contributed by atoms with van der Waals surface area (Å²) in [6, 6.07) is 5.12. The van der Waals surface area contributed by atoms with Gasteiger partial charge in [-0.3, -0.25) is 9.48 Å². The van der Waals surface area contributed by atoms with Crippen molar-refractivity contribution in [3.05, 3.63) is 41.9 Å². The summed E-state index contributed by atoms with van der Waals surface area (Å²) in [6.45, 7) is 3.23. The summed E-state index contributed by atoms with van der Waals surface area (Å²) in [5.74, 6) is 2.62. The molecule has 0 atom stereocenters. The van der Waals surface area contributed by atoms with E-state index in [2.05, 4.69) is 25.4 Å². The molecule has 4 aromatic heterocycles. The zero-order valence-electron chi connectivity index (χ0n) is 17.3. The summed E-state index contributed by atoms with van der Waals surface area (Å²) < 4.78 is 9.55. The normalized spacial score (nSPS) is 13.5. The second-order valence-electron chi connectivity index (χ2n) is 7.42. The molecule has 0 unspecified atom stereocenters. The van der Waals surface area contributed by atoms with Gasteiger partial charge in [-0.05, 0) is 13.0 Å². The average molecular weight is 419 g/mol. The van der Waals surface area contributed by atoms with Crippen molar-refractivity contribution < 1.29 is 9.53 Å². The molecule has 11 nitrogen and oxygen atoms in total. The molecule has 4 aromatic rings. The van der Waals surface area contributed by atoms with Gasteiger partial charge >= 0.3 is 0 Å². The van der Waals surface area contributed by atoms with E-state index < -0.39 is 0 Å². The largest absolute Gasteiger partial charge is 0.455 e. The number of nitrogens with two attached hydrogens (primary N) is 1. The molecule has 1 aliphatic rings. The number of nitrogens with zero attached hydrogens (tertiary/aromatic N) is 7. The van der Waals surface area contributed by atoms with E-state index in [-0.39, 0.29) is 5.91 Å². The number of aromatic nitrogens is 6. The molecule has 0 fully saturated rings. The molecule has 1 aliphatic heterocycles. The molecule has 31 heavy (non-hydrogen) atoms. The summed E-state index contributed by atoms with van der Waals surface area (Å²) in [6.07, 6.45) is 3.22. The molecule has 11 heteroatoms. The highest BCUT2D eigenvalue weighted by atomic mass is 16.5. The quantitative estimate of drug-likeness (QED) is 0.514. The number of aryl methyl sites for hydroxylation is 2. The van der Waals surface area contributed by atoms with Gasteiger partial charge in [-0.15, -0.1) is 0 Å². The van der Waals surface area contributed by atoms with Crippen LogP contribution in [-0.2, 0) is 13.6 Å². The van der Waals surface area contributed by atoms with E-state index in [1.807, 2.05) is 18.5 Å². The number of nitrogen functional groups attached to an aromatic ring is 1. The molecule has 5 rings (SSSR count). The van der Waals surface area contributed by atoms with Crippen molar-refractivity contribution in [2.75, 3.05) is 24.6 Å². The first-order chi connectivity index (χ1) is 14.9. The maximum atomic E-state index is 12.3. The van der Waals surface area contributed by atoms with Crippen LogP contribution in [-0.4, -0.2) is 53.7 Å². The molecular formula is C20H21N9O2. The number of carbonyl (C=O) groups excluding carboxylic acids is 1. The second kappa shape index (κ2) is 6.97. The van der Waals surface area contributed by atoms with Crippen molar-refractivity contribution >= 4 is 34.7 Å². The van der Waals surface area contributed by atoms with E-state index in [1.54, 1.807) is 47.2 Å². The minimum Gasteiger partial charge on any atom is -0.455 e. The van der Waals surface area contributed by atoms with Crippen LogP contribution in [0.3, 0.4) is 0 Å². The van der Waals surface area contributed by atoms with Crippen LogP contribution in [0.15, 0.2) is 30.6 Å². The van der Waals surface area contributed by atoms with E-state index in [0.717, 1.165) is 11.1 Å². The number of fused-ring (bicyclic) bond motifs is 2. The van der Waals surface area contributed by atoms with Gasteiger partial charge < -0.3 is 25.3 Å². The molecule has 158 valence electrons. The Bertz CT molecular complexity index is 1320. The molecule has 3 N–H and O–H groups in total. The molecule has 0 aliphatic carbocycles. The maximum Gasteiger partial charge on any atom is 0.272 e. The molecule has 0 saturated carbocycles. The average Bonchev–Trinajstić information content (AvgIpc) is 3.29. The first-order valence-corrected chi connectivity index (χ1v) is 9.72. The fourth-order valence-electron chi connectivity index (χ4n) is 3.64. The fraction of sp³-hybridized carbons (Fsp3) is 0.250. The van der Waals surface area contributed by atoms with Gasteiger partial charge in [0.15, 0.2) is 17.2 Å². The number of hydrogen-bond acceptors (Lipinski definition) is 8. The molecule has 0 bridgehead atoms. The monoisotopic (exact) mass is 419 g/mol. The molecule has 0 saturated heterocycles. The zero-order valence-corrected chi connectivity index (χ0v) is 17.3. The van der Waals surface area contributed by atoms with E-state index >= 15 is 0 Å². The number of rotatable bonds is 4. The lowest BCUT2D eigenvalue weighted by molar-refractivity contribution is 0.0743. The summed E-state index contributed by atoms with van der Waals surface area (Å²) in [4.78, 5) is 27.0. The van der Waals surface area contributed by atoms with Crippen LogP contribution in [0, 0.1) is 6.92 Å². The highest BCUT2D eigenvalue weighted by Crippen LogP contribution is 2.31. The minimum absolute atomic E-state index is 0.0483. The van der Waals surface area contributed by atoms with Gasteiger partial charge in [0.05, 0.1) is 18.3 Å². The third kappa shape index (κ3) is 3.19. The number of hydrogen-bond donors (Lipinski definition) is 2. The third-order valence-corrected chi connectivity index (χ3v) is 5.32. The number of nitrogens with one attached hydrogen (secondary N) is 1. The lowest BCUT2D eigenvalue weighted by atomic mass is 10.2. The van der Waals surface area contributed by atoms with E-state index in [4.69, 9.17) is 10.5 Å². The Morgan fingerprint density at radius 3 is 2.84 bits per heavy atom. The van der Waals surface area contributed by atoms with Crippen LogP contribution in [0.1, 0.15) is 16.1 Å². The van der Waals surface area contributed by atoms with Crippen LogP contribution in [0.4, 0.5) is 17.6 Å². The maximum absolute atomic E-state index is 12.3. The number of anilines is 3. The van der Waals surface area contributed by atoms with Crippen LogP contribution in [0.2, 0.25) is 0 Å². The third-order valence-electron chi connectivity index (χ3n) is 5.32. The highest BCUT2D eigenvalue weighted by molar-refractivity contribution is 5.94. The molecule has 0 spiro atoms. The molecular weight excluding hydrogens is 398 g/mol. The summed E-state index contributed by atoms with van der Waals surface area (Å²) in [7, 11) is 3.67. The van der Waals surface area contributed by atoms with Crippen molar-refractivity contribution in [2.24, 2.45) is 7.05 Å². The summed E-state index contributed by atoms with van der Waals surface area (Å²) in [5, 5.41) is 7.69. The SMILES string of the molecule is Cc1c(Oc2ccnc(N)c2)cnc2nc(Nc3cc4n(n3)CCN(C)C4=O)n(C)c12. The Morgan fingerprint density at radius 1 is 1.19 bits per heavy atom. The Balaban J connectivity index is 1.47. The molecule has 5 heterocycles. The van der Waals surface area contributed by atoms with Crippen molar-refractivity contribution in [1.82, 2.24) is 34.2 Å². The second-order valence-corrected chi connectivity index (χ2v) is 7.42. The predicted molar refractivity (Wildman–Crippen MR) is 114 cm³/mol.